The molecule has 0 aliphatic rings. The predicted molar refractivity (Wildman–Crippen MR) is 96.9 cm³/mol. The second kappa shape index (κ2) is 7.66. The van der Waals surface area contributed by atoms with Gasteiger partial charge in [0.05, 0.1) is 0 Å². The number of hydrogen-bond donors (Lipinski definition) is 0. The molecule has 0 bridgehead atoms. The summed E-state index contributed by atoms with van der Waals surface area (Å²) in [4.78, 5) is 8.01. The number of pyridine rings is 2. The molecular formula is C20H10Cl2N2. The minimum atomic E-state index is 0.453. The minimum absolute atomic E-state index is 0.453. The molecule has 2 nitrogen and oxygen atoms in total. The first-order valence-electron chi connectivity index (χ1n) is 7.06. The molecule has 0 aliphatic carbocycles. The highest BCUT2D eigenvalue weighted by Gasteiger charge is 1.93. The number of halogens is 2. The Morgan fingerprint density at radius 3 is 1.46 bits per heavy atom. The molecule has 0 saturated heterocycles. The van der Waals surface area contributed by atoms with E-state index in [0.717, 1.165) is 22.3 Å². The fourth-order valence-corrected chi connectivity index (χ4v) is 2.09. The molecule has 24 heavy (non-hydrogen) atoms. The number of nitrogens with zero attached hydrogens (tertiary/aromatic N) is 2. The van der Waals surface area contributed by atoms with Crippen LogP contribution in [0.2, 0.25) is 10.3 Å². The Labute approximate surface area is 150 Å². The lowest BCUT2D eigenvalue weighted by Crippen LogP contribution is -1.81. The molecule has 114 valence electrons. The van der Waals surface area contributed by atoms with Crippen LogP contribution < -0.4 is 0 Å². The van der Waals surface area contributed by atoms with E-state index in [1.165, 1.54) is 0 Å². The van der Waals surface area contributed by atoms with Gasteiger partial charge in [-0.15, -0.1) is 0 Å². The maximum atomic E-state index is 5.76. The molecule has 2 heterocycles. The third-order valence-electron chi connectivity index (χ3n) is 3.02. The van der Waals surface area contributed by atoms with E-state index in [1.807, 2.05) is 36.4 Å². The van der Waals surface area contributed by atoms with Crippen LogP contribution in [0.15, 0.2) is 60.9 Å². The van der Waals surface area contributed by atoms with Crippen LogP contribution >= 0.6 is 23.2 Å². The lowest BCUT2D eigenvalue weighted by atomic mass is 10.1. The van der Waals surface area contributed by atoms with Crippen molar-refractivity contribution in [3.63, 3.8) is 0 Å². The third-order valence-corrected chi connectivity index (χ3v) is 3.47. The van der Waals surface area contributed by atoms with Crippen molar-refractivity contribution in [3.8, 4) is 23.7 Å². The van der Waals surface area contributed by atoms with Crippen molar-refractivity contribution < 1.29 is 0 Å². The molecule has 0 spiro atoms. The van der Waals surface area contributed by atoms with Crippen LogP contribution in [0.3, 0.4) is 0 Å². The van der Waals surface area contributed by atoms with Crippen LogP contribution in [0.1, 0.15) is 22.3 Å². The SMILES string of the molecule is Clc1ccc(C#Cc2cccc(C#Cc3ccc(Cl)nc3)c2)cn1. The molecule has 0 fully saturated rings. The Balaban J connectivity index is 1.80. The number of rotatable bonds is 0. The first-order valence-corrected chi connectivity index (χ1v) is 7.82. The second-order valence-electron chi connectivity index (χ2n) is 4.82. The first kappa shape index (κ1) is 16.1. The van der Waals surface area contributed by atoms with Gasteiger partial charge in [0.2, 0.25) is 0 Å². The van der Waals surface area contributed by atoms with Crippen LogP contribution in [0.5, 0.6) is 0 Å². The monoisotopic (exact) mass is 348 g/mol. The maximum Gasteiger partial charge on any atom is 0.129 e. The first-order chi connectivity index (χ1) is 11.7. The molecule has 0 saturated carbocycles. The Kier molecular flexibility index (Phi) is 5.14. The van der Waals surface area contributed by atoms with E-state index in [9.17, 15) is 0 Å². The van der Waals surface area contributed by atoms with Crippen LogP contribution in [0.25, 0.3) is 0 Å². The van der Waals surface area contributed by atoms with Gasteiger partial charge < -0.3 is 0 Å². The van der Waals surface area contributed by atoms with Crippen LogP contribution in [-0.2, 0) is 0 Å². The quantitative estimate of drug-likeness (QED) is 0.438. The van der Waals surface area contributed by atoms with Gasteiger partial charge in [0, 0.05) is 34.6 Å². The van der Waals surface area contributed by atoms with Crippen LogP contribution in [0.4, 0.5) is 0 Å². The molecule has 3 aromatic rings. The number of benzene rings is 1. The molecule has 3 rings (SSSR count). The standard InChI is InChI=1S/C20H10Cl2N2/c21-19-10-8-17(13-23-19)6-4-15-2-1-3-16(12-15)5-7-18-9-11-20(22)24-14-18/h1-3,8-14H. The van der Waals surface area contributed by atoms with Crippen LogP contribution in [0, 0.1) is 23.7 Å². The molecule has 0 unspecified atom stereocenters. The average Bonchev–Trinajstić information content (AvgIpc) is 2.61. The summed E-state index contributed by atoms with van der Waals surface area (Å²) in [5.41, 5.74) is 3.38. The zero-order valence-corrected chi connectivity index (χ0v) is 13.9. The highest BCUT2D eigenvalue weighted by Crippen LogP contribution is 2.07. The Hall–Kier alpha value is -2.78. The molecule has 0 radical (unpaired) electrons. The smallest absolute Gasteiger partial charge is 0.129 e. The van der Waals surface area contributed by atoms with E-state index in [1.54, 1.807) is 24.5 Å². The highest BCUT2D eigenvalue weighted by atomic mass is 35.5. The van der Waals surface area contributed by atoms with Gasteiger partial charge in [-0.2, -0.15) is 0 Å². The Bertz CT molecular complexity index is 892. The zero-order chi connectivity index (χ0) is 16.8. The third kappa shape index (κ3) is 4.61. The van der Waals surface area contributed by atoms with Crippen molar-refractivity contribution in [2.24, 2.45) is 0 Å². The summed E-state index contributed by atoms with van der Waals surface area (Å²) >= 11 is 11.5. The summed E-state index contributed by atoms with van der Waals surface area (Å²) in [5, 5.41) is 0.907. The van der Waals surface area contributed by atoms with Crippen molar-refractivity contribution in [1.82, 2.24) is 9.97 Å². The maximum absolute atomic E-state index is 5.76. The number of aromatic nitrogens is 2. The highest BCUT2D eigenvalue weighted by molar-refractivity contribution is 6.29. The van der Waals surface area contributed by atoms with Gasteiger partial charge >= 0.3 is 0 Å². The normalized spacial score (nSPS) is 9.42. The summed E-state index contributed by atoms with van der Waals surface area (Å²) in [6.07, 6.45) is 3.29. The van der Waals surface area contributed by atoms with Gasteiger partial charge in [0.15, 0.2) is 0 Å². The molecular weight excluding hydrogens is 339 g/mol. The summed E-state index contributed by atoms with van der Waals surface area (Å²) in [5.74, 6) is 12.3. The molecule has 0 aliphatic heterocycles. The van der Waals surface area contributed by atoms with E-state index in [2.05, 4.69) is 33.6 Å². The number of hydrogen-bond acceptors (Lipinski definition) is 2. The van der Waals surface area contributed by atoms with Crippen molar-refractivity contribution in [2.45, 2.75) is 0 Å². The van der Waals surface area contributed by atoms with Crippen molar-refractivity contribution in [2.75, 3.05) is 0 Å². The van der Waals surface area contributed by atoms with Gasteiger partial charge in [0.1, 0.15) is 10.3 Å². The second-order valence-corrected chi connectivity index (χ2v) is 5.59. The fourth-order valence-electron chi connectivity index (χ4n) is 1.86. The molecule has 0 N–H and O–H groups in total. The summed E-state index contributed by atoms with van der Waals surface area (Å²) in [6, 6.07) is 14.8. The molecule has 0 atom stereocenters. The van der Waals surface area contributed by atoms with Gasteiger partial charge in [-0.05, 0) is 42.5 Å². The molecule has 0 amide bonds. The van der Waals surface area contributed by atoms with Gasteiger partial charge in [-0.25, -0.2) is 9.97 Å². The van der Waals surface area contributed by atoms with Gasteiger partial charge in [0.25, 0.3) is 0 Å². The molecule has 4 heteroatoms. The largest absolute Gasteiger partial charge is 0.243 e. The van der Waals surface area contributed by atoms with Crippen molar-refractivity contribution in [3.05, 3.63) is 93.5 Å². The Morgan fingerprint density at radius 1 is 0.583 bits per heavy atom. The fraction of sp³-hybridized carbons (Fsp3) is 0. The van der Waals surface area contributed by atoms with Crippen molar-refractivity contribution in [1.29, 1.82) is 0 Å². The van der Waals surface area contributed by atoms with E-state index in [0.29, 0.717) is 10.3 Å². The Morgan fingerprint density at radius 2 is 1.04 bits per heavy atom. The lowest BCUT2D eigenvalue weighted by molar-refractivity contribution is 1.31. The lowest BCUT2D eigenvalue weighted by Gasteiger charge is -1.94. The van der Waals surface area contributed by atoms with E-state index in [-0.39, 0.29) is 0 Å². The van der Waals surface area contributed by atoms with E-state index >= 15 is 0 Å². The van der Waals surface area contributed by atoms with Crippen molar-refractivity contribution >= 4 is 23.2 Å². The average molecular weight is 349 g/mol. The van der Waals surface area contributed by atoms with Gasteiger partial charge in [-0.1, -0.05) is 52.9 Å². The minimum Gasteiger partial charge on any atom is -0.243 e. The van der Waals surface area contributed by atoms with Gasteiger partial charge in [-0.3, -0.25) is 0 Å². The predicted octanol–water partition coefficient (Wildman–Crippen LogP) is 4.58. The molecule has 2 aromatic heterocycles. The van der Waals surface area contributed by atoms with E-state index < -0.39 is 0 Å². The van der Waals surface area contributed by atoms with E-state index in [4.69, 9.17) is 23.2 Å². The summed E-state index contributed by atoms with van der Waals surface area (Å²) in [7, 11) is 0. The summed E-state index contributed by atoms with van der Waals surface area (Å²) < 4.78 is 0. The topological polar surface area (TPSA) is 25.8 Å². The molecule has 1 aromatic carbocycles. The summed E-state index contributed by atoms with van der Waals surface area (Å²) in [6.45, 7) is 0. The van der Waals surface area contributed by atoms with Crippen LogP contribution in [-0.4, -0.2) is 9.97 Å². The zero-order valence-electron chi connectivity index (χ0n) is 12.4.